The van der Waals surface area contributed by atoms with Crippen molar-refractivity contribution in [1.82, 2.24) is 5.32 Å². The molecule has 0 bridgehead atoms. The number of rotatable bonds is 7. The van der Waals surface area contributed by atoms with Crippen molar-refractivity contribution in [3.05, 3.63) is 59.7 Å². The van der Waals surface area contributed by atoms with E-state index in [0.29, 0.717) is 23.7 Å². The van der Waals surface area contributed by atoms with Gasteiger partial charge in [-0.3, -0.25) is 19.7 Å². The number of nitrogens with two attached hydrogens (primary N) is 1. The van der Waals surface area contributed by atoms with E-state index in [1.54, 1.807) is 42.5 Å². The number of urea groups is 1. The van der Waals surface area contributed by atoms with Crippen LogP contribution in [0.5, 0.6) is 11.5 Å². The number of amides is 5. The average Bonchev–Trinajstić information content (AvgIpc) is 2.71. The Morgan fingerprint density at radius 2 is 1.80 bits per heavy atom. The molecule has 0 aliphatic carbocycles. The predicted molar refractivity (Wildman–Crippen MR) is 108 cm³/mol. The van der Waals surface area contributed by atoms with Crippen LogP contribution in [-0.2, 0) is 14.4 Å². The summed E-state index contributed by atoms with van der Waals surface area (Å²) >= 11 is 0. The van der Waals surface area contributed by atoms with Crippen molar-refractivity contribution in [1.29, 1.82) is 0 Å². The topological polar surface area (TPSA) is 128 Å². The highest BCUT2D eigenvalue weighted by Crippen LogP contribution is 2.25. The van der Waals surface area contributed by atoms with Crippen molar-refractivity contribution in [2.45, 2.75) is 6.92 Å². The summed E-state index contributed by atoms with van der Waals surface area (Å²) in [5, 5.41) is 2.16. The fourth-order valence-electron chi connectivity index (χ4n) is 2.77. The molecule has 1 aliphatic heterocycles. The van der Waals surface area contributed by atoms with Crippen LogP contribution in [0.4, 0.5) is 10.5 Å². The zero-order chi connectivity index (χ0) is 21.7. The number of hydrogen-bond donors (Lipinski definition) is 2. The summed E-state index contributed by atoms with van der Waals surface area (Å²) in [6, 6.07) is 11.9. The van der Waals surface area contributed by atoms with Crippen molar-refractivity contribution in [2.24, 2.45) is 5.73 Å². The molecule has 3 N–H and O–H groups in total. The van der Waals surface area contributed by atoms with Crippen molar-refractivity contribution < 1.29 is 28.7 Å². The Labute approximate surface area is 172 Å². The Balaban J connectivity index is 1.88. The zero-order valence-corrected chi connectivity index (χ0v) is 16.1. The normalized spacial score (nSPS) is 15.2. The molecule has 0 radical (unpaired) electrons. The van der Waals surface area contributed by atoms with E-state index in [0.717, 1.165) is 4.90 Å². The number of primary amides is 1. The van der Waals surface area contributed by atoms with E-state index in [2.05, 4.69) is 5.32 Å². The van der Waals surface area contributed by atoms with Gasteiger partial charge in [-0.25, -0.2) is 9.69 Å². The number of barbiturate groups is 1. The number of benzene rings is 2. The highest BCUT2D eigenvalue weighted by molar-refractivity contribution is 6.39. The van der Waals surface area contributed by atoms with Crippen LogP contribution in [0, 0.1) is 0 Å². The summed E-state index contributed by atoms with van der Waals surface area (Å²) < 4.78 is 10.6. The van der Waals surface area contributed by atoms with Gasteiger partial charge in [0.2, 0.25) is 0 Å². The van der Waals surface area contributed by atoms with Crippen LogP contribution >= 0.6 is 0 Å². The molecule has 0 atom stereocenters. The quantitative estimate of drug-likeness (QED) is 0.528. The lowest BCUT2D eigenvalue weighted by molar-refractivity contribution is -0.123. The second kappa shape index (κ2) is 8.91. The maximum absolute atomic E-state index is 12.9. The first kappa shape index (κ1) is 20.6. The molecular weight excluding hydrogens is 390 g/mol. The van der Waals surface area contributed by atoms with E-state index in [4.69, 9.17) is 15.2 Å². The zero-order valence-electron chi connectivity index (χ0n) is 16.1. The molecule has 1 fully saturated rings. The van der Waals surface area contributed by atoms with Crippen LogP contribution in [0.1, 0.15) is 12.5 Å². The minimum Gasteiger partial charge on any atom is -0.494 e. The van der Waals surface area contributed by atoms with E-state index in [-0.39, 0.29) is 17.9 Å². The first-order valence-electron chi connectivity index (χ1n) is 9.04. The van der Waals surface area contributed by atoms with Crippen LogP contribution in [0.2, 0.25) is 0 Å². The summed E-state index contributed by atoms with van der Waals surface area (Å²) in [6.45, 7) is 2.01. The molecule has 1 saturated heterocycles. The lowest BCUT2D eigenvalue weighted by atomic mass is 10.1. The smallest absolute Gasteiger partial charge is 0.335 e. The van der Waals surface area contributed by atoms with Gasteiger partial charge in [0.25, 0.3) is 17.7 Å². The van der Waals surface area contributed by atoms with Crippen molar-refractivity contribution in [3.8, 4) is 11.5 Å². The SMILES string of the molecule is CCOc1ccc(N2C(=O)NC(=O)/C(=C/c3cccc(OCC(N)=O)c3)C2=O)cc1. The van der Waals surface area contributed by atoms with Gasteiger partial charge in [0.1, 0.15) is 17.1 Å². The molecule has 0 unspecified atom stereocenters. The van der Waals surface area contributed by atoms with E-state index >= 15 is 0 Å². The molecule has 154 valence electrons. The molecular formula is C21H19N3O6. The van der Waals surface area contributed by atoms with E-state index < -0.39 is 23.8 Å². The molecule has 2 aromatic carbocycles. The number of carbonyl (C=O) groups excluding carboxylic acids is 4. The Hall–Kier alpha value is -4.14. The predicted octanol–water partition coefficient (Wildman–Crippen LogP) is 1.62. The number of nitrogens with zero attached hydrogens (tertiary/aromatic N) is 1. The number of hydrogen-bond acceptors (Lipinski definition) is 6. The van der Waals surface area contributed by atoms with Crippen molar-refractivity contribution >= 4 is 35.5 Å². The first-order chi connectivity index (χ1) is 14.4. The Kier molecular flexibility index (Phi) is 6.11. The third kappa shape index (κ3) is 4.64. The number of imide groups is 2. The van der Waals surface area contributed by atoms with Gasteiger partial charge in [-0.15, -0.1) is 0 Å². The number of anilines is 1. The lowest BCUT2D eigenvalue weighted by Crippen LogP contribution is -2.54. The molecule has 30 heavy (non-hydrogen) atoms. The number of nitrogens with one attached hydrogen (secondary N) is 1. The highest BCUT2D eigenvalue weighted by Gasteiger charge is 2.36. The van der Waals surface area contributed by atoms with Gasteiger partial charge in [-0.2, -0.15) is 0 Å². The average molecular weight is 409 g/mol. The molecule has 1 heterocycles. The summed E-state index contributed by atoms with van der Waals surface area (Å²) in [5.41, 5.74) is 5.59. The summed E-state index contributed by atoms with van der Waals surface area (Å²) in [5.74, 6) is -1.28. The maximum atomic E-state index is 12.9. The van der Waals surface area contributed by atoms with Crippen LogP contribution in [0.3, 0.4) is 0 Å². The Morgan fingerprint density at radius 3 is 2.47 bits per heavy atom. The van der Waals surface area contributed by atoms with Gasteiger partial charge < -0.3 is 15.2 Å². The van der Waals surface area contributed by atoms with Gasteiger partial charge in [0.05, 0.1) is 12.3 Å². The summed E-state index contributed by atoms with van der Waals surface area (Å²) in [4.78, 5) is 49.2. The molecule has 9 nitrogen and oxygen atoms in total. The lowest BCUT2D eigenvalue weighted by Gasteiger charge is -2.26. The molecule has 5 amide bonds. The maximum Gasteiger partial charge on any atom is 0.335 e. The standard InChI is InChI=1S/C21H19N3O6/c1-2-29-15-8-6-14(7-9-15)24-20(27)17(19(26)23-21(24)28)11-13-4-3-5-16(10-13)30-12-18(22)25/h3-11H,2,12H2,1H3,(H2,22,25)(H,23,26,28)/b17-11-. The van der Waals surface area contributed by atoms with Crippen molar-refractivity contribution in [3.63, 3.8) is 0 Å². The highest BCUT2D eigenvalue weighted by atomic mass is 16.5. The second-order valence-electron chi connectivity index (χ2n) is 6.21. The Bertz CT molecular complexity index is 1030. The molecule has 1 aliphatic rings. The van der Waals surface area contributed by atoms with E-state index in [1.165, 1.54) is 12.1 Å². The fraction of sp³-hybridized carbons (Fsp3) is 0.143. The molecule has 0 spiro atoms. The summed E-state index contributed by atoms with van der Waals surface area (Å²) in [7, 11) is 0. The molecule has 0 saturated carbocycles. The molecule has 0 aromatic heterocycles. The second-order valence-corrected chi connectivity index (χ2v) is 6.21. The van der Waals surface area contributed by atoms with E-state index in [9.17, 15) is 19.2 Å². The van der Waals surface area contributed by atoms with Crippen LogP contribution in [-0.4, -0.2) is 37.0 Å². The minimum atomic E-state index is -0.843. The Morgan fingerprint density at radius 1 is 1.07 bits per heavy atom. The number of carbonyl (C=O) groups is 4. The fourth-order valence-corrected chi connectivity index (χ4v) is 2.77. The number of ether oxygens (including phenoxy) is 2. The largest absolute Gasteiger partial charge is 0.494 e. The van der Waals surface area contributed by atoms with E-state index in [1.807, 2.05) is 6.92 Å². The monoisotopic (exact) mass is 409 g/mol. The van der Waals surface area contributed by atoms with Crippen LogP contribution < -0.4 is 25.4 Å². The van der Waals surface area contributed by atoms with Gasteiger partial charge in [0.15, 0.2) is 6.61 Å². The van der Waals surface area contributed by atoms with Gasteiger partial charge in [-0.05, 0) is 55.0 Å². The van der Waals surface area contributed by atoms with Gasteiger partial charge >= 0.3 is 6.03 Å². The molecule has 3 rings (SSSR count). The van der Waals surface area contributed by atoms with Crippen LogP contribution in [0.15, 0.2) is 54.1 Å². The third-order valence-corrected chi connectivity index (χ3v) is 4.06. The molecule has 9 heteroatoms. The van der Waals surface area contributed by atoms with Crippen molar-refractivity contribution in [2.75, 3.05) is 18.1 Å². The van der Waals surface area contributed by atoms with Crippen LogP contribution in [0.25, 0.3) is 6.08 Å². The molecule has 2 aromatic rings. The third-order valence-electron chi connectivity index (χ3n) is 4.06. The summed E-state index contributed by atoms with van der Waals surface area (Å²) in [6.07, 6.45) is 1.34. The minimum absolute atomic E-state index is 0.226. The van der Waals surface area contributed by atoms with Gasteiger partial charge in [-0.1, -0.05) is 12.1 Å². The van der Waals surface area contributed by atoms with Gasteiger partial charge in [0, 0.05) is 0 Å². The first-order valence-corrected chi connectivity index (χ1v) is 9.04.